The van der Waals surface area contributed by atoms with Crippen LogP contribution in [0.2, 0.25) is 0 Å². The molecule has 4 fully saturated rings. The number of carboxylic acids is 1. The van der Waals surface area contributed by atoms with Gasteiger partial charge in [0, 0.05) is 6.54 Å². The van der Waals surface area contributed by atoms with Crippen LogP contribution in [0.4, 0.5) is 0 Å². The average Bonchev–Trinajstić information content (AvgIpc) is 2.32. The molecule has 4 aliphatic rings. The normalized spacial score (nSPS) is 40.2. The molecule has 3 heteroatoms. The molecule has 0 aromatic carbocycles. The third kappa shape index (κ3) is 2.88. The second-order valence-electron chi connectivity index (χ2n) is 8.32. The Morgan fingerprint density at radius 3 is 2.05 bits per heavy atom. The third-order valence-electron chi connectivity index (χ3n) is 5.89. The Labute approximate surface area is 122 Å². The van der Waals surface area contributed by atoms with Gasteiger partial charge in [-0.15, -0.1) is 0 Å². The van der Waals surface area contributed by atoms with Gasteiger partial charge in [0.15, 0.2) is 0 Å². The summed E-state index contributed by atoms with van der Waals surface area (Å²) in [7, 11) is 0. The van der Waals surface area contributed by atoms with Gasteiger partial charge in [0.1, 0.15) is 6.04 Å². The van der Waals surface area contributed by atoms with Gasteiger partial charge in [-0.3, -0.25) is 4.79 Å². The molecule has 0 spiro atoms. The van der Waals surface area contributed by atoms with Gasteiger partial charge in [-0.2, -0.15) is 0 Å². The summed E-state index contributed by atoms with van der Waals surface area (Å²) in [6.07, 6.45) is 9.14. The van der Waals surface area contributed by atoms with Gasteiger partial charge in [0.05, 0.1) is 0 Å². The fraction of sp³-hybridized carbons (Fsp3) is 0.941. The van der Waals surface area contributed by atoms with E-state index in [2.05, 4.69) is 19.2 Å². The molecule has 4 rings (SSSR count). The van der Waals surface area contributed by atoms with Crippen molar-refractivity contribution >= 4 is 5.97 Å². The van der Waals surface area contributed by atoms with Crippen LogP contribution in [0.5, 0.6) is 0 Å². The number of carboxylic acid groups (broad SMARTS) is 1. The molecule has 2 N–H and O–H groups in total. The molecule has 0 aliphatic heterocycles. The molecule has 1 unspecified atom stereocenters. The van der Waals surface area contributed by atoms with Crippen molar-refractivity contribution in [1.82, 2.24) is 5.32 Å². The summed E-state index contributed by atoms with van der Waals surface area (Å²) < 4.78 is 0. The molecule has 20 heavy (non-hydrogen) atoms. The van der Waals surface area contributed by atoms with Crippen LogP contribution in [-0.2, 0) is 4.79 Å². The van der Waals surface area contributed by atoms with Gasteiger partial charge >= 0.3 is 5.97 Å². The molecule has 0 amide bonds. The third-order valence-corrected chi connectivity index (χ3v) is 5.89. The van der Waals surface area contributed by atoms with Crippen LogP contribution in [0.25, 0.3) is 0 Å². The molecular formula is C17H29NO2. The van der Waals surface area contributed by atoms with E-state index in [4.69, 9.17) is 0 Å². The zero-order chi connectivity index (χ0) is 14.3. The Balaban J connectivity index is 1.61. The van der Waals surface area contributed by atoms with E-state index in [1.54, 1.807) is 0 Å². The minimum Gasteiger partial charge on any atom is -0.480 e. The topological polar surface area (TPSA) is 49.3 Å². The number of nitrogens with one attached hydrogen (secondary N) is 1. The smallest absolute Gasteiger partial charge is 0.320 e. The Hall–Kier alpha value is -0.570. The maximum atomic E-state index is 11.4. The molecule has 114 valence electrons. The summed E-state index contributed by atoms with van der Waals surface area (Å²) in [6.45, 7) is 5.13. The van der Waals surface area contributed by atoms with Crippen molar-refractivity contribution in [3.05, 3.63) is 0 Å². The van der Waals surface area contributed by atoms with E-state index >= 15 is 0 Å². The maximum Gasteiger partial charge on any atom is 0.320 e. The summed E-state index contributed by atoms with van der Waals surface area (Å²) >= 11 is 0. The van der Waals surface area contributed by atoms with E-state index in [0.29, 0.717) is 11.3 Å². The molecule has 0 heterocycles. The van der Waals surface area contributed by atoms with Crippen molar-refractivity contribution in [3.8, 4) is 0 Å². The van der Waals surface area contributed by atoms with Crippen LogP contribution in [0.3, 0.4) is 0 Å². The number of aliphatic carboxylic acids is 1. The van der Waals surface area contributed by atoms with Crippen molar-refractivity contribution in [2.45, 2.75) is 64.8 Å². The van der Waals surface area contributed by atoms with E-state index in [1.165, 1.54) is 38.5 Å². The number of hydrogen-bond acceptors (Lipinski definition) is 2. The Morgan fingerprint density at radius 2 is 1.65 bits per heavy atom. The van der Waals surface area contributed by atoms with E-state index in [9.17, 15) is 9.90 Å². The predicted molar refractivity (Wildman–Crippen MR) is 79.5 cm³/mol. The first-order valence-corrected chi connectivity index (χ1v) is 8.42. The van der Waals surface area contributed by atoms with Gasteiger partial charge < -0.3 is 10.4 Å². The highest BCUT2D eigenvalue weighted by molar-refractivity contribution is 5.73. The van der Waals surface area contributed by atoms with Crippen LogP contribution in [-0.4, -0.2) is 23.7 Å². The minimum atomic E-state index is -0.677. The number of hydrogen-bond donors (Lipinski definition) is 2. The van der Waals surface area contributed by atoms with E-state index < -0.39 is 5.97 Å². The average molecular weight is 279 g/mol. The zero-order valence-electron chi connectivity index (χ0n) is 12.9. The summed E-state index contributed by atoms with van der Waals surface area (Å²) in [6, 6.07) is -0.358. The highest BCUT2D eigenvalue weighted by Gasteiger charge is 2.50. The summed E-state index contributed by atoms with van der Waals surface area (Å²) in [5, 5.41) is 12.8. The largest absolute Gasteiger partial charge is 0.480 e. The number of carbonyl (C=O) groups is 1. The lowest BCUT2D eigenvalue weighted by atomic mass is 9.49. The monoisotopic (exact) mass is 279 g/mol. The van der Waals surface area contributed by atoms with Crippen LogP contribution in [0.1, 0.15) is 58.8 Å². The van der Waals surface area contributed by atoms with Gasteiger partial charge in [0.2, 0.25) is 0 Å². The molecule has 0 saturated heterocycles. The minimum absolute atomic E-state index is 0.358. The second kappa shape index (κ2) is 5.32. The van der Waals surface area contributed by atoms with E-state index in [1.807, 2.05) is 0 Å². The standard InChI is InChI=1S/C17H29NO2/c1-11(2)3-15(16(19)20)18-10-17-7-12-4-13(8-17)6-14(5-12)9-17/h11-15,18H,3-10H2,1-2H3,(H,19,20). The van der Waals surface area contributed by atoms with Gasteiger partial charge in [-0.25, -0.2) is 0 Å². The lowest BCUT2D eigenvalue weighted by molar-refractivity contribution is -0.140. The zero-order valence-corrected chi connectivity index (χ0v) is 12.9. The fourth-order valence-corrected chi connectivity index (χ4v) is 5.59. The first-order chi connectivity index (χ1) is 9.46. The lowest BCUT2D eigenvalue weighted by Crippen LogP contribution is -2.52. The fourth-order valence-electron chi connectivity index (χ4n) is 5.59. The Morgan fingerprint density at radius 1 is 1.15 bits per heavy atom. The van der Waals surface area contributed by atoms with Crippen molar-refractivity contribution in [3.63, 3.8) is 0 Å². The maximum absolute atomic E-state index is 11.4. The molecule has 1 atom stereocenters. The van der Waals surface area contributed by atoms with Crippen LogP contribution in [0, 0.1) is 29.1 Å². The van der Waals surface area contributed by atoms with Crippen molar-refractivity contribution < 1.29 is 9.90 Å². The molecule has 0 aromatic rings. The first-order valence-electron chi connectivity index (χ1n) is 8.42. The van der Waals surface area contributed by atoms with Crippen molar-refractivity contribution in [1.29, 1.82) is 0 Å². The van der Waals surface area contributed by atoms with E-state index in [0.717, 1.165) is 30.7 Å². The highest BCUT2D eigenvalue weighted by atomic mass is 16.4. The first kappa shape index (κ1) is 14.4. The van der Waals surface area contributed by atoms with Crippen LogP contribution < -0.4 is 5.32 Å². The molecule has 4 aliphatic carbocycles. The van der Waals surface area contributed by atoms with Gasteiger partial charge in [0.25, 0.3) is 0 Å². The predicted octanol–water partition coefficient (Wildman–Crippen LogP) is 3.29. The van der Waals surface area contributed by atoms with Gasteiger partial charge in [-0.05, 0) is 74.0 Å². The van der Waals surface area contributed by atoms with Gasteiger partial charge in [-0.1, -0.05) is 13.8 Å². The summed E-state index contributed by atoms with van der Waals surface area (Å²) in [4.78, 5) is 11.4. The second-order valence-corrected chi connectivity index (χ2v) is 8.32. The van der Waals surface area contributed by atoms with E-state index in [-0.39, 0.29) is 6.04 Å². The molecule has 4 saturated carbocycles. The molecule has 0 aromatic heterocycles. The molecule has 4 bridgehead atoms. The lowest BCUT2D eigenvalue weighted by Gasteiger charge is -2.57. The van der Waals surface area contributed by atoms with Crippen LogP contribution >= 0.6 is 0 Å². The molecular weight excluding hydrogens is 250 g/mol. The Kier molecular flexibility index (Phi) is 3.83. The molecule has 3 nitrogen and oxygen atoms in total. The Bertz CT molecular complexity index is 342. The van der Waals surface area contributed by atoms with Crippen molar-refractivity contribution in [2.24, 2.45) is 29.1 Å². The molecule has 0 radical (unpaired) electrons. The summed E-state index contributed by atoms with van der Waals surface area (Å²) in [5.41, 5.74) is 0.430. The number of rotatable bonds is 6. The highest BCUT2D eigenvalue weighted by Crippen LogP contribution is 2.59. The SMILES string of the molecule is CC(C)CC(NCC12CC3CC(CC(C3)C1)C2)C(=O)O. The van der Waals surface area contributed by atoms with Crippen molar-refractivity contribution in [2.75, 3.05) is 6.54 Å². The quantitative estimate of drug-likeness (QED) is 0.784. The van der Waals surface area contributed by atoms with Crippen LogP contribution in [0.15, 0.2) is 0 Å². The summed E-state index contributed by atoms with van der Waals surface area (Å²) in [5.74, 6) is 2.58.